The first-order chi connectivity index (χ1) is 12.4. The monoisotopic (exact) mass is 350 g/mol. The molecule has 0 aromatic heterocycles. The molecule has 0 bridgehead atoms. The maximum atomic E-state index is 14.6. The Morgan fingerprint density at radius 3 is 2.46 bits per heavy atom. The number of nitrogens with zero attached hydrogens (tertiary/aromatic N) is 3. The minimum Gasteiger partial charge on any atom is -0.399 e. The Morgan fingerprint density at radius 2 is 1.88 bits per heavy atom. The fraction of sp³-hybridized carbons (Fsp3) is 0.350. The van der Waals surface area contributed by atoms with Crippen LogP contribution in [0.15, 0.2) is 41.1 Å². The van der Waals surface area contributed by atoms with Gasteiger partial charge in [0.05, 0.1) is 23.4 Å². The fourth-order valence-corrected chi connectivity index (χ4v) is 4.17. The van der Waals surface area contributed by atoms with Gasteiger partial charge in [0.1, 0.15) is 17.7 Å². The second kappa shape index (κ2) is 6.28. The van der Waals surface area contributed by atoms with Crippen LogP contribution in [0.1, 0.15) is 31.2 Å². The van der Waals surface area contributed by atoms with Crippen LogP contribution in [0.25, 0.3) is 0 Å². The number of benzene rings is 1. The maximum absolute atomic E-state index is 14.6. The number of rotatable bonds is 1. The Hall–Kier alpha value is -3.17. The molecule has 0 saturated heterocycles. The largest absolute Gasteiger partial charge is 0.399 e. The lowest BCUT2D eigenvalue weighted by molar-refractivity contribution is 0.278. The van der Waals surface area contributed by atoms with Gasteiger partial charge in [0, 0.05) is 12.0 Å². The van der Waals surface area contributed by atoms with E-state index in [1.807, 2.05) is 31.2 Å². The van der Waals surface area contributed by atoms with E-state index in [1.165, 1.54) is 6.07 Å². The number of nitrogens with two attached hydrogens (primary N) is 1. The predicted molar refractivity (Wildman–Crippen MR) is 89.6 cm³/mol. The van der Waals surface area contributed by atoms with Crippen molar-refractivity contribution in [1.29, 1.82) is 15.8 Å². The first-order valence-electron chi connectivity index (χ1n) is 8.27. The van der Waals surface area contributed by atoms with E-state index in [2.05, 4.69) is 0 Å². The van der Waals surface area contributed by atoms with Crippen molar-refractivity contribution in [2.45, 2.75) is 25.7 Å². The molecular weight excluding hydrogens is 334 g/mol. The Morgan fingerprint density at radius 1 is 1.19 bits per heavy atom. The smallest absolute Gasteiger partial charge is 0.191 e. The van der Waals surface area contributed by atoms with Crippen molar-refractivity contribution >= 4 is 0 Å². The lowest BCUT2D eigenvalue weighted by Crippen LogP contribution is -2.43. The summed E-state index contributed by atoms with van der Waals surface area (Å²) in [5.74, 6) is -2.65. The lowest BCUT2D eigenvalue weighted by Gasteiger charge is -2.44. The molecule has 3 rings (SSSR count). The van der Waals surface area contributed by atoms with Gasteiger partial charge in [-0.05, 0) is 41.9 Å². The van der Waals surface area contributed by atoms with Crippen molar-refractivity contribution in [2.75, 3.05) is 0 Å². The van der Waals surface area contributed by atoms with Crippen LogP contribution in [0.2, 0.25) is 0 Å². The Kier molecular flexibility index (Phi) is 4.26. The minimum absolute atomic E-state index is 0.0689. The van der Waals surface area contributed by atoms with Crippen LogP contribution < -0.4 is 5.73 Å². The molecule has 1 aromatic rings. The SMILES string of the molecule is C[C@H]1CC=C2C(C#N)=C(N)C(C#N)(C#N)[C@@H](c3ccc(F)cc3F)[C@@H]2C1. The van der Waals surface area contributed by atoms with Crippen LogP contribution in [-0.2, 0) is 0 Å². The molecule has 1 aromatic carbocycles. The van der Waals surface area contributed by atoms with Gasteiger partial charge in [-0.15, -0.1) is 0 Å². The van der Waals surface area contributed by atoms with E-state index < -0.39 is 28.9 Å². The van der Waals surface area contributed by atoms with Gasteiger partial charge in [-0.25, -0.2) is 8.78 Å². The molecule has 0 spiro atoms. The Balaban J connectivity index is 2.36. The molecule has 0 fully saturated rings. The van der Waals surface area contributed by atoms with Gasteiger partial charge in [-0.1, -0.05) is 19.1 Å². The van der Waals surface area contributed by atoms with Crippen molar-refractivity contribution in [1.82, 2.24) is 0 Å². The van der Waals surface area contributed by atoms with Gasteiger partial charge in [-0.2, -0.15) is 15.8 Å². The van der Waals surface area contributed by atoms with Gasteiger partial charge in [0.15, 0.2) is 5.41 Å². The average molecular weight is 350 g/mol. The Labute approximate surface area is 150 Å². The number of nitriles is 3. The molecule has 2 aliphatic rings. The molecule has 6 heteroatoms. The molecule has 0 unspecified atom stereocenters. The van der Waals surface area contributed by atoms with E-state index in [9.17, 15) is 24.6 Å². The molecule has 0 aliphatic heterocycles. The van der Waals surface area contributed by atoms with Crippen molar-refractivity contribution in [3.05, 3.63) is 58.3 Å². The third kappa shape index (κ3) is 2.37. The summed E-state index contributed by atoms with van der Waals surface area (Å²) in [6, 6.07) is 9.00. The minimum atomic E-state index is -1.89. The van der Waals surface area contributed by atoms with Crippen LogP contribution in [0.4, 0.5) is 8.78 Å². The molecule has 2 N–H and O–H groups in total. The molecule has 3 atom stereocenters. The topological polar surface area (TPSA) is 97.4 Å². The number of fused-ring (bicyclic) bond motifs is 1. The van der Waals surface area contributed by atoms with Crippen LogP contribution in [-0.4, -0.2) is 0 Å². The summed E-state index contributed by atoms with van der Waals surface area (Å²) in [7, 11) is 0. The zero-order chi connectivity index (χ0) is 19.1. The van der Waals surface area contributed by atoms with E-state index >= 15 is 0 Å². The summed E-state index contributed by atoms with van der Waals surface area (Å²) < 4.78 is 28.0. The number of hydrogen-bond acceptors (Lipinski definition) is 4. The number of hydrogen-bond donors (Lipinski definition) is 1. The summed E-state index contributed by atoms with van der Waals surface area (Å²) in [6.45, 7) is 2.01. The highest BCUT2D eigenvalue weighted by molar-refractivity contribution is 5.59. The highest BCUT2D eigenvalue weighted by atomic mass is 19.1. The molecule has 0 saturated carbocycles. The van der Waals surface area contributed by atoms with E-state index in [-0.39, 0.29) is 22.8 Å². The quantitative estimate of drug-likeness (QED) is 0.833. The van der Waals surface area contributed by atoms with Gasteiger partial charge in [-0.3, -0.25) is 0 Å². The van der Waals surface area contributed by atoms with Crippen LogP contribution in [0, 0.1) is 62.9 Å². The number of allylic oxidation sites excluding steroid dienone is 4. The van der Waals surface area contributed by atoms with E-state index in [0.717, 1.165) is 18.6 Å². The van der Waals surface area contributed by atoms with Gasteiger partial charge in [0.25, 0.3) is 0 Å². The summed E-state index contributed by atoms with van der Waals surface area (Å²) in [4.78, 5) is 0. The van der Waals surface area contributed by atoms with E-state index in [4.69, 9.17) is 5.73 Å². The van der Waals surface area contributed by atoms with E-state index in [0.29, 0.717) is 12.0 Å². The zero-order valence-electron chi connectivity index (χ0n) is 14.1. The summed E-state index contributed by atoms with van der Waals surface area (Å²) in [6.07, 6.45) is 3.20. The molecule has 130 valence electrons. The van der Waals surface area contributed by atoms with Gasteiger partial charge < -0.3 is 5.73 Å². The summed E-state index contributed by atoms with van der Waals surface area (Å²) in [5.41, 5.74) is 4.92. The zero-order valence-corrected chi connectivity index (χ0v) is 14.1. The molecule has 4 nitrogen and oxygen atoms in total. The third-order valence-corrected chi connectivity index (χ3v) is 5.41. The van der Waals surface area contributed by atoms with E-state index in [1.54, 1.807) is 0 Å². The van der Waals surface area contributed by atoms with Gasteiger partial charge in [0.2, 0.25) is 0 Å². The molecule has 0 radical (unpaired) electrons. The molecule has 0 amide bonds. The van der Waals surface area contributed by atoms with Crippen molar-refractivity contribution in [3.8, 4) is 18.2 Å². The highest BCUT2D eigenvalue weighted by Crippen LogP contribution is 2.56. The fourth-order valence-electron chi connectivity index (χ4n) is 4.17. The van der Waals surface area contributed by atoms with Crippen LogP contribution in [0.5, 0.6) is 0 Å². The van der Waals surface area contributed by atoms with Crippen LogP contribution in [0.3, 0.4) is 0 Å². The summed E-state index contributed by atoms with van der Waals surface area (Å²) in [5, 5.41) is 29.3. The molecule has 26 heavy (non-hydrogen) atoms. The highest BCUT2D eigenvalue weighted by Gasteiger charge is 2.54. The third-order valence-electron chi connectivity index (χ3n) is 5.41. The standard InChI is InChI=1S/C20H16F2N4/c1-11-2-4-13-15(6-11)18(14-5-3-12(21)7-17(14)22)20(9-24,10-25)19(26)16(13)8-23/h3-5,7,11,15,18H,2,6,26H2,1H3/t11-,15+,18-/m0/s1. The molecule has 2 aliphatic carbocycles. The normalized spacial score (nSPS) is 26.8. The molecular formula is C20H16F2N4. The second-order valence-electron chi connectivity index (χ2n) is 6.92. The maximum Gasteiger partial charge on any atom is 0.191 e. The second-order valence-corrected chi connectivity index (χ2v) is 6.92. The van der Waals surface area contributed by atoms with Crippen molar-refractivity contribution in [3.63, 3.8) is 0 Å². The van der Waals surface area contributed by atoms with Gasteiger partial charge >= 0.3 is 0 Å². The first kappa shape index (κ1) is 17.6. The Bertz CT molecular complexity index is 941. The first-order valence-corrected chi connectivity index (χ1v) is 8.27. The summed E-state index contributed by atoms with van der Waals surface area (Å²) >= 11 is 0. The average Bonchev–Trinajstić information content (AvgIpc) is 2.62. The van der Waals surface area contributed by atoms with Crippen LogP contribution >= 0.6 is 0 Å². The number of halogens is 2. The lowest BCUT2D eigenvalue weighted by atomic mass is 9.56. The molecule has 0 heterocycles. The predicted octanol–water partition coefficient (Wildman–Crippen LogP) is 3.80. The van der Waals surface area contributed by atoms with Crippen molar-refractivity contribution in [2.24, 2.45) is 23.0 Å². The van der Waals surface area contributed by atoms with Crippen molar-refractivity contribution < 1.29 is 8.78 Å².